The number of hydrogen-bond donors (Lipinski definition) is 1. The second kappa shape index (κ2) is 7.60. The fraction of sp³-hybridized carbons (Fsp3) is 0.688. The molecule has 1 N–H and O–H groups in total. The van der Waals surface area contributed by atoms with Crippen molar-refractivity contribution in [2.75, 3.05) is 24.6 Å². The number of anilines is 1. The van der Waals surface area contributed by atoms with Crippen LogP contribution in [0.4, 0.5) is 5.69 Å². The van der Waals surface area contributed by atoms with E-state index in [4.69, 9.17) is 4.74 Å². The first-order valence-electron chi connectivity index (χ1n) is 7.75. The lowest BCUT2D eigenvalue weighted by atomic mass is 10.1. The maximum absolute atomic E-state index is 9.77. The molecule has 1 saturated heterocycles. The van der Waals surface area contributed by atoms with E-state index >= 15 is 0 Å². The van der Waals surface area contributed by atoms with Crippen molar-refractivity contribution < 1.29 is 9.84 Å². The highest BCUT2D eigenvalue weighted by Gasteiger charge is 2.20. The average Bonchev–Trinajstić information content (AvgIpc) is 2.52. The summed E-state index contributed by atoms with van der Waals surface area (Å²) in [5, 5.41) is 9.77. The summed E-state index contributed by atoms with van der Waals surface area (Å²) in [7, 11) is 0. The molecule has 1 aliphatic rings. The molecule has 0 bridgehead atoms. The number of hydrogen-bond acceptors (Lipinski definition) is 4. The molecular formula is C16H26N2O2. The van der Waals surface area contributed by atoms with Crippen LogP contribution in [0.3, 0.4) is 0 Å². The van der Waals surface area contributed by atoms with Gasteiger partial charge < -0.3 is 14.7 Å². The molecule has 2 atom stereocenters. The predicted molar refractivity (Wildman–Crippen MR) is 81.0 cm³/mol. The molecule has 1 unspecified atom stereocenters. The van der Waals surface area contributed by atoms with Crippen molar-refractivity contribution in [3.63, 3.8) is 0 Å². The van der Waals surface area contributed by atoms with Crippen molar-refractivity contribution >= 4 is 5.69 Å². The fourth-order valence-electron chi connectivity index (χ4n) is 2.58. The molecule has 0 radical (unpaired) electrons. The summed E-state index contributed by atoms with van der Waals surface area (Å²) in [4.78, 5) is 6.71. The van der Waals surface area contributed by atoms with Crippen LogP contribution in [0, 0.1) is 0 Å². The lowest BCUT2D eigenvalue weighted by Gasteiger charge is -2.34. The second-order valence-electron chi connectivity index (χ2n) is 5.45. The summed E-state index contributed by atoms with van der Waals surface area (Å²) in [5.74, 6) is 0. The summed E-state index contributed by atoms with van der Waals surface area (Å²) in [5.41, 5.74) is 1.88. The minimum absolute atomic E-state index is 0.338. The van der Waals surface area contributed by atoms with Gasteiger partial charge in [-0.05, 0) is 37.8 Å². The van der Waals surface area contributed by atoms with Crippen LogP contribution in [0.1, 0.15) is 51.3 Å². The Balaban J connectivity index is 1.96. The normalized spacial score (nSPS) is 20.9. The van der Waals surface area contributed by atoms with E-state index in [2.05, 4.69) is 22.9 Å². The van der Waals surface area contributed by atoms with Crippen LogP contribution in [0.5, 0.6) is 0 Å². The lowest BCUT2D eigenvalue weighted by molar-refractivity contribution is 0.0440. The Morgan fingerprint density at radius 2 is 2.30 bits per heavy atom. The minimum Gasteiger partial charge on any atom is -0.387 e. The molecule has 4 heteroatoms. The highest BCUT2D eigenvalue weighted by Crippen LogP contribution is 2.22. The smallest absolute Gasteiger partial charge is 0.0957 e. The quantitative estimate of drug-likeness (QED) is 0.869. The molecule has 20 heavy (non-hydrogen) atoms. The van der Waals surface area contributed by atoms with E-state index in [0.717, 1.165) is 50.3 Å². The van der Waals surface area contributed by atoms with Gasteiger partial charge in [0.1, 0.15) is 0 Å². The third-order valence-electron chi connectivity index (χ3n) is 3.80. The predicted octanol–water partition coefficient (Wildman–Crippen LogP) is 2.92. The summed E-state index contributed by atoms with van der Waals surface area (Å²) in [6.07, 6.45) is 5.83. The Bertz CT molecular complexity index is 394. The Labute approximate surface area is 121 Å². The summed E-state index contributed by atoms with van der Waals surface area (Å²) >= 11 is 0. The van der Waals surface area contributed by atoms with Crippen LogP contribution in [0.25, 0.3) is 0 Å². The van der Waals surface area contributed by atoms with Gasteiger partial charge in [0.25, 0.3) is 0 Å². The van der Waals surface area contributed by atoms with Gasteiger partial charge in [-0.2, -0.15) is 0 Å². The molecule has 1 aliphatic heterocycles. The number of aromatic nitrogens is 1. The van der Waals surface area contributed by atoms with Gasteiger partial charge in [0.2, 0.25) is 0 Å². The monoisotopic (exact) mass is 278 g/mol. The highest BCUT2D eigenvalue weighted by atomic mass is 16.5. The maximum Gasteiger partial charge on any atom is 0.0957 e. The zero-order chi connectivity index (χ0) is 14.4. The van der Waals surface area contributed by atoms with Crippen LogP contribution in [0.2, 0.25) is 0 Å². The average molecular weight is 278 g/mol. The van der Waals surface area contributed by atoms with Gasteiger partial charge in [0, 0.05) is 19.7 Å². The van der Waals surface area contributed by atoms with E-state index in [-0.39, 0.29) is 0 Å². The second-order valence-corrected chi connectivity index (χ2v) is 5.45. The topological polar surface area (TPSA) is 45.6 Å². The number of ether oxygens (including phenoxy) is 1. The molecular weight excluding hydrogens is 252 g/mol. The molecule has 1 aromatic heterocycles. The van der Waals surface area contributed by atoms with Crippen molar-refractivity contribution in [2.24, 2.45) is 0 Å². The Morgan fingerprint density at radius 1 is 1.45 bits per heavy atom. The van der Waals surface area contributed by atoms with Crippen LogP contribution in [-0.4, -0.2) is 35.9 Å². The molecule has 2 heterocycles. The van der Waals surface area contributed by atoms with Crippen LogP contribution in [0.15, 0.2) is 18.3 Å². The van der Waals surface area contributed by atoms with Crippen LogP contribution >= 0.6 is 0 Å². The van der Waals surface area contributed by atoms with E-state index in [9.17, 15) is 5.11 Å². The number of nitrogens with zero attached hydrogens (tertiary/aromatic N) is 2. The van der Waals surface area contributed by atoms with Crippen molar-refractivity contribution in [3.8, 4) is 0 Å². The van der Waals surface area contributed by atoms with Gasteiger partial charge >= 0.3 is 0 Å². The van der Waals surface area contributed by atoms with E-state index in [1.807, 2.05) is 19.2 Å². The number of aliphatic hydroxyl groups excluding tert-OH is 1. The molecule has 2 rings (SSSR count). The molecule has 112 valence electrons. The number of aliphatic hydroxyl groups is 1. The Kier molecular flexibility index (Phi) is 5.80. The fourth-order valence-corrected chi connectivity index (χ4v) is 2.58. The van der Waals surface area contributed by atoms with E-state index in [0.29, 0.717) is 12.5 Å². The SMILES string of the molecule is CCCOC1CCCN(c2ccc([C@H](O)CC)nc2)C1. The third-order valence-corrected chi connectivity index (χ3v) is 3.80. The molecule has 1 fully saturated rings. The van der Waals surface area contributed by atoms with Gasteiger partial charge in [0.05, 0.1) is 29.8 Å². The summed E-state index contributed by atoms with van der Waals surface area (Å²) < 4.78 is 5.86. The standard InChI is InChI=1S/C16H26N2O2/c1-3-10-20-14-6-5-9-18(12-14)13-7-8-15(17-11-13)16(19)4-2/h7-8,11,14,16,19H,3-6,9-10,12H2,1-2H3/t14?,16-/m1/s1. The zero-order valence-electron chi connectivity index (χ0n) is 12.6. The minimum atomic E-state index is -0.453. The van der Waals surface area contributed by atoms with Gasteiger partial charge in [-0.15, -0.1) is 0 Å². The van der Waals surface area contributed by atoms with Crippen molar-refractivity contribution in [2.45, 2.75) is 51.7 Å². The van der Waals surface area contributed by atoms with Gasteiger partial charge in [-0.25, -0.2) is 0 Å². The number of pyridine rings is 1. The first-order chi connectivity index (χ1) is 9.74. The Morgan fingerprint density at radius 3 is 2.95 bits per heavy atom. The molecule has 0 spiro atoms. The first-order valence-corrected chi connectivity index (χ1v) is 7.75. The zero-order valence-corrected chi connectivity index (χ0v) is 12.6. The first kappa shape index (κ1) is 15.3. The molecule has 0 aliphatic carbocycles. The lowest BCUT2D eigenvalue weighted by Crippen LogP contribution is -2.39. The number of rotatable bonds is 6. The van der Waals surface area contributed by atoms with Crippen molar-refractivity contribution in [3.05, 3.63) is 24.0 Å². The molecule has 0 aromatic carbocycles. The van der Waals surface area contributed by atoms with Gasteiger partial charge in [-0.1, -0.05) is 13.8 Å². The summed E-state index contributed by atoms with van der Waals surface area (Å²) in [6, 6.07) is 3.99. The van der Waals surface area contributed by atoms with Crippen LogP contribution in [-0.2, 0) is 4.74 Å². The molecule has 1 aromatic rings. The van der Waals surface area contributed by atoms with E-state index in [1.54, 1.807) is 0 Å². The number of piperidine rings is 1. The van der Waals surface area contributed by atoms with Gasteiger partial charge in [0.15, 0.2) is 0 Å². The maximum atomic E-state index is 9.77. The molecule has 0 amide bonds. The van der Waals surface area contributed by atoms with E-state index < -0.39 is 6.10 Å². The van der Waals surface area contributed by atoms with Crippen LogP contribution < -0.4 is 4.90 Å². The highest BCUT2D eigenvalue weighted by molar-refractivity contribution is 5.45. The summed E-state index contributed by atoms with van der Waals surface area (Å²) in [6.45, 7) is 6.95. The largest absolute Gasteiger partial charge is 0.387 e. The van der Waals surface area contributed by atoms with E-state index in [1.165, 1.54) is 0 Å². The molecule has 4 nitrogen and oxygen atoms in total. The molecule has 0 saturated carbocycles. The van der Waals surface area contributed by atoms with Gasteiger partial charge in [-0.3, -0.25) is 4.98 Å². The van der Waals surface area contributed by atoms with Crippen molar-refractivity contribution in [1.82, 2.24) is 4.98 Å². The third kappa shape index (κ3) is 3.93. The Hall–Kier alpha value is -1.13. The van der Waals surface area contributed by atoms with Crippen molar-refractivity contribution in [1.29, 1.82) is 0 Å².